The number of fused-ring (bicyclic) bond motifs is 8. The van der Waals surface area contributed by atoms with E-state index in [1.807, 2.05) is 6.20 Å². The fraction of sp³-hybridized carbons (Fsp3) is 0.135. The first-order valence-electron chi connectivity index (χ1n) is 20.0. The molecule has 0 saturated carbocycles. The third-order valence-electron chi connectivity index (χ3n) is 12.1. The van der Waals surface area contributed by atoms with Crippen molar-refractivity contribution in [3.8, 4) is 28.4 Å². The van der Waals surface area contributed by atoms with Gasteiger partial charge in [0.2, 0.25) is 0 Å². The number of anilines is 3. The van der Waals surface area contributed by atoms with Crippen molar-refractivity contribution in [1.29, 1.82) is 0 Å². The molecule has 7 aromatic carbocycles. The third-order valence-corrected chi connectivity index (χ3v) is 12.1. The molecule has 0 unspecified atom stereocenters. The molecule has 1 aliphatic heterocycles. The normalized spacial score (nSPS) is 13.1. The molecular formula is C52H43N5O. The van der Waals surface area contributed by atoms with Gasteiger partial charge in [-0.15, -0.1) is 0 Å². The summed E-state index contributed by atoms with van der Waals surface area (Å²) in [7, 11) is 4.31. The fourth-order valence-electron chi connectivity index (χ4n) is 8.98. The van der Waals surface area contributed by atoms with Gasteiger partial charge < -0.3 is 19.1 Å². The van der Waals surface area contributed by atoms with Crippen LogP contribution in [-0.2, 0) is 12.5 Å². The Morgan fingerprint density at radius 3 is 2.07 bits per heavy atom. The Morgan fingerprint density at radius 1 is 0.534 bits per heavy atom. The summed E-state index contributed by atoms with van der Waals surface area (Å²) in [5, 5.41) is 7.13. The number of para-hydroxylation sites is 2. The van der Waals surface area contributed by atoms with Gasteiger partial charge >= 0.3 is 0 Å². The second-order valence-electron chi connectivity index (χ2n) is 16.8. The minimum absolute atomic E-state index is 0.0785. The van der Waals surface area contributed by atoms with Crippen molar-refractivity contribution in [2.24, 2.45) is 7.05 Å². The van der Waals surface area contributed by atoms with E-state index >= 15 is 0 Å². The zero-order chi connectivity index (χ0) is 39.3. The lowest BCUT2D eigenvalue weighted by Gasteiger charge is -2.25. The van der Waals surface area contributed by atoms with Crippen LogP contribution in [-0.4, -0.2) is 27.8 Å². The largest absolute Gasteiger partial charge is 0.457 e. The molecule has 0 amide bonds. The van der Waals surface area contributed by atoms with E-state index in [0.717, 1.165) is 57.0 Å². The molecule has 0 saturated heterocycles. The number of aryl methyl sites for hydroxylation is 1. The molecule has 0 N–H and O–H groups in total. The molecule has 1 aliphatic rings. The van der Waals surface area contributed by atoms with Gasteiger partial charge in [0.15, 0.2) is 0 Å². The van der Waals surface area contributed by atoms with E-state index in [0.29, 0.717) is 0 Å². The molecule has 0 bridgehead atoms. The highest BCUT2D eigenvalue weighted by atomic mass is 16.5. The molecule has 11 rings (SSSR count). The Balaban J connectivity index is 1.08. The molecule has 58 heavy (non-hydrogen) atoms. The van der Waals surface area contributed by atoms with E-state index < -0.39 is 0 Å². The summed E-state index contributed by atoms with van der Waals surface area (Å²) in [6.45, 7) is 7.55. The molecule has 0 atom stereocenters. The van der Waals surface area contributed by atoms with Crippen LogP contribution in [0.4, 0.5) is 17.1 Å². The predicted octanol–water partition coefficient (Wildman–Crippen LogP) is 13.3. The average Bonchev–Trinajstić information content (AvgIpc) is 3.85. The maximum Gasteiger partial charge on any atom is 0.139 e. The monoisotopic (exact) mass is 753 g/mol. The third kappa shape index (κ3) is 5.43. The maximum atomic E-state index is 6.91. The van der Waals surface area contributed by atoms with Crippen LogP contribution >= 0.6 is 0 Å². The highest BCUT2D eigenvalue weighted by Crippen LogP contribution is 2.44. The second-order valence-corrected chi connectivity index (χ2v) is 16.8. The van der Waals surface area contributed by atoms with Crippen LogP contribution < -0.4 is 14.5 Å². The summed E-state index contributed by atoms with van der Waals surface area (Å²) in [6.07, 6.45) is 2.05. The molecule has 3 aromatic heterocycles. The highest BCUT2D eigenvalue weighted by molar-refractivity contribution is 6.14. The summed E-state index contributed by atoms with van der Waals surface area (Å²) in [5.41, 5.74) is 11.5. The van der Waals surface area contributed by atoms with Crippen LogP contribution in [0, 0.1) is 0 Å². The Kier molecular flexibility index (Phi) is 7.51. The van der Waals surface area contributed by atoms with E-state index in [4.69, 9.17) is 9.72 Å². The number of rotatable bonds is 5. The van der Waals surface area contributed by atoms with Crippen LogP contribution in [0.5, 0.6) is 11.5 Å². The number of pyridine rings is 1. The van der Waals surface area contributed by atoms with Gasteiger partial charge in [-0.3, -0.25) is 4.57 Å². The Bertz CT molecular complexity index is 3260. The van der Waals surface area contributed by atoms with E-state index in [2.05, 4.69) is 205 Å². The van der Waals surface area contributed by atoms with Gasteiger partial charge in [0.1, 0.15) is 17.3 Å². The molecule has 0 aliphatic carbocycles. The minimum atomic E-state index is -0.0785. The molecule has 0 fully saturated rings. The average molecular weight is 754 g/mol. The van der Waals surface area contributed by atoms with Crippen molar-refractivity contribution in [3.63, 3.8) is 0 Å². The van der Waals surface area contributed by atoms with Crippen molar-refractivity contribution in [2.75, 3.05) is 23.5 Å². The summed E-state index contributed by atoms with van der Waals surface area (Å²) in [6, 6.07) is 54.5. The van der Waals surface area contributed by atoms with Crippen LogP contribution in [0.1, 0.15) is 26.3 Å². The lowest BCUT2D eigenvalue weighted by atomic mass is 9.86. The van der Waals surface area contributed by atoms with Crippen LogP contribution in [0.2, 0.25) is 0 Å². The van der Waals surface area contributed by atoms with Crippen LogP contribution in [0.15, 0.2) is 158 Å². The zero-order valence-corrected chi connectivity index (χ0v) is 33.4. The molecule has 4 heterocycles. The van der Waals surface area contributed by atoms with Crippen LogP contribution in [0.3, 0.4) is 0 Å². The van der Waals surface area contributed by atoms with Gasteiger partial charge in [-0.05, 0) is 93.5 Å². The topological polar surface area (TPSA) is 38.5 Å². The Morgan fingerprint density at radius 2 is 1.26 bits per heavy atom. The number of ether oxygens (including phenoxy) is 1. The van der Waals surface area contributed by atoms with E-state index in [1.165, 1.54) is 55.1 Å². The van der Waals surface area contributed by atoms with Gasteiger partial charge in [-0.1, -0.05) is 93.6 Å². The van der Waals surface area contributed by atoms with Crippen molar-refractivity contribution in [1.82, 2.24) is 14.1 Å². The summed E-state index contributed by atoms with van der Waals surface area (Å²) >= 11 is 0. The lowest BCUT2D eigenvalue weighted by Crippen LogP contribution is -2.24. The smallest absolute Gasteiger partial charge is 0.139 e. The van der Waals surface area contributed by atoms with Gasteiger partial charge in [0.05, 0.1) is 34.6 Å². The maximum absolute atomic E-state index is 6.91. The van der Waals surface area contributed by atoms with Gasteiger partial charge in [0, 0.05) is 71.2 Å². The van der Waals surface area contributed by atoms with Gasteiger partial charge in [0.25, 0.3) is 0 Å². The number of nitrogens with zero attached hydrogens (tertiary/aromatic N) is 5. The second kappa shape index (κ2) is 12.7. The van der Waals surface area contributed by atoms with E-state index in [9.17, 15) is 0 Å². The summed E-state index contributed by atoms with van der Waals surface area (Å²) in [5.74, 6) is 2.44. The van der Waals surface area contributed by atoms with E-state index in [-0.39, 0.29) is 5.41 Å². The number of hydrogen-bond donors (Lipinski definition) is 0. The first-order chi connectivity index (χ1) is 28.2. The highest BCUT2D eigenvalue weighted by Gasteiger charge is 2.26. The van der Waals surface area contributed by atoms with Gasteiger partial charge in [-0.2, -0.15) is 0 Å². The first-order valence-corrected chi connectivity index (χ1v) is 20.0. The van der Waals surface area contributed by atoms with Crippen molar-refractivity contribution in [2.45, 2.75) is 26.2 Å². The molecule has 0 spiro atoms. The molecule has 6 heteroatoms. The first kappa shape index (κ1) is 34.2. The summed E-state index contributed by atoms with van der Waals surface area (Å²) in [4.78, 5) is 9.87. The molecule has 0 radical (unpaired) electrons. The summed E-state index contributed by atoms with van der Waals surface area (Å²) < 4.78 is 11.5. The standard InChI is InChI=1S/C52H43N5O/c1-52(2,3)37-26-38(56-32-54(4)46-17-11-12-18-47(46)56)28-40(27-37)58-39-20-21-41-42-24-36(33-13-7-6-8-14-33)19-22-45(42)57(50(41)29-39)51-30-49-44(31-53-51)43-23-34-15-9-10-16-35(34)25-48(43)55(49)5/h6-31H,32H2,1-5H3. The van der Waals surface area contributed by atoms with Crippen LogP contribution in [0.25, 0.3) is 71.3 Å². The molecular weight excluding hydrogens is 711 g/mol. The van der Waals surface area contributed by atoms with E-state index in [1.54, 1.807) is 0 Å². The van der Waals surface area contributed by atoms with Gasteiger partial charge in [-0.25, -0.2) is 4.98 Å². The van der Waals surface area contributed by atoms with Crippen molar-refractivity contribution < 1.29 is 4.74 Å². The fourth-order valence-corrected chi connectivity index (χ4v) is 8.98. The lowest BCUT2D eigenvalue weighted by molar-refractivity contribution is 0.479. The minimum Gasteiger partial charge on any atom is -0.457 e. The Hall–Kier alpha value is -7.05. The molecule has 10 aromatic rings. The number of benzene rings is 7. The predicted molar refractivity (Wildman–Crippen MR) is 243 cm³/mol. The SMILES string of the molecule is CN1CN(c2cc(Oc3ccc4c5cc(-c6ccccc6)ccc5n(-c5cc6c(cn5)c5cc7ccccc7cc5n6C)c4c3)cc(C(C)(C)C)c2)c2ccccc21. The van der Waals surface area contributed by atoms with Crippen molar-refractivity contribution >= 4 is 71.4 Å². The number of aromatic nitrogens is 3. The zero-order valence-electron chi connectivity index (χ0n) is 33.4. The molecule has 282 valence electrons. The molecule has 6 nitrogen and oxygen atoms in total. The van der Waals surface area contributed by atoms with Crippen molar-refractivity contribution in [3.05, 3.63) is 163 Å². The number of hydrogen-bond acceptors (Lipinski definition) is 4. The Labute approximate surface area is 337 Å². The quantitative estimate of drug-likeness (QED) is 0.175.